The Hall–Kier alpha value is -2.77. The molecular formula is C21H30N2O6. The van der Waals surface area contributed by atoms with Gasteiger partial charge >= 0.3 is 18.0 Å². The summed E-state index contributed by atoms with van der Waals surface area (Å²) >= 11 is 0. The first-order chi connectivity index (χ1) is 13.9. The summed E-state index contributed by atoms with van der Waals surface area (Å²) in [6.45, 7) is 4.52. The Morgan fingerprint density at radius 2 is 1.93 bits per heavy atom. The highest BCUT2D eigenvalue weighted by Crippen LogP contribution is 2.36. The lowest BCUT2D eigenvalue weighted by Crippen LogP contribution is -2.54. The molecule has 0 saturated carbocycles. The van der Waals surface area contributed by atoms with Crippen molar-refractivity contribution < 1.29 is 28.6 Å². The predicted octanol–water partition coefficient (Wildman–Crippen LogP) is 2.16. The van der Waals surface area contributed by atoms with E-state index < -0.39 is 17.4 Å². The molecule has 1 fully saturated rings. The topological polar surface area (TPSA) is 94.2 Å². The third kappa shape index (κ3) is 6.10. The second-order valence-electron chi connectivity index (χ2n) is 7.02. The number of urea groups is 1. The molecule has 1 aromatic rings. The number of carbonyl (C=O) groups is 3. The zero-order chi connectivity index (χ0) is 21.3. The predicted molar refractivity (Wildman–Crippen MR) is 107 cm³/mol. The summed E-state index contributed by atoms with van der Waals surface area (Å²) in [5, 5.41) is 2.57. The van der Waals surface area contributed by atoms with Gasteiger partial charge in [-0.25, -0.2) is 4.79 Å². The van der Waals surface area contributed by atoms with E-state index in [2.05, 4.69) is 5.32 Å². The largest absolute Gasteiger partial charge is 0.497 e. The smallest absolute Gasteiger partial charge is 0.325 e. The molecule has 0 radical (unpaired) electrons. The number of carbonyl (C=O) groups excluding carboxylic acids is 3. The monoisotopic (exact) mass is 406 g/mol. The summed E-state index contributed by atoms with van der Waals surface area (Å²) in [7, 11) is 1.59. The lowest BCUT2D eigenvalue weighted by molar-refractivity contribution is -0.158. The molecule has 1 saturated heterocycles. The summed E-state index contributed by atoms with van der Waals surface area (Å²) < 4.78 is 15.5. The number of benzene rings is 1. The summed E-state index contributed by atoms with van der Waals surface area (Å²) in [4.78, 5) is 38.6. The van der Waals surface area contributed by atoms with Crippen molar-refractivity contribution in [3.8, 4) is 5.75 Å². The van der Waals surface area contributed by atoms with Gasteiger partial charge in [0.1, 0.15) is 12.3 Å². The average molecular weight is 406 g/mol. The van der Waals surface area contributed by atoms with Crippen LogP contribution in [0, 0.1) is 5.41 Å². The van der Waals surface area contributed by atoms with Gasteiger partial charge in [0.15, 0.2) is 0 Å². The lowest BCUT2D eigenvalue weighted by Gasteiger charge is -2.41. The number of likely N-dealkylation sites (tertiary alicyclic amines) is 1. The Morgan fingerprint density at radius 3 is 2.62 bits per heavy atom. The molecule has 1 aliphatic rings. The van der Waals surface area contributed by atoms with Crippen LogP contribution in [-0.2, 0) is 25.5 Å². The van der Waals surface area contributed by atoms with Crippen molar-refractivity contribution in [3.63, 3.8) is 0 Å². The maximum Gasteiger partial charge on any atom is 0.325 e. The number of hydrogen-bond donors (Lipinski definition) is 1. The zero-order valence-corrected chi connectivity index (χ0v) is 17.4. The molecule has 1 aliphatic heterocycles. The molecule has 160 valence electrons. The van der Waals surface area contributed by atoms with Crippen molar-refractivity contribution in [1.29, 1.82) is 0 Å². The van der Waals surface area contributed by atoms with Gasteiger partial charge < -0.3 is 24.4 Å². The van der Waals surface area contributed by atoms with Gasteiger partial charge in [0.05, 0.1) is 25.7 Å². The molecule has 1 unspecified atom stereocenters. The van der Waals surface area contributed by atoms with Crippen LogP contribution < -0.4 is 10.1 Å². The van der Waals surface area contributed by atoms with Crippen LogP contribution >= 0.6 is 0 Å². The third-order valence-corrected chi connectivity index (χ3v) is 4.94. The van der Waals surface area contributed by atoms with Crippen molar-refractivity contribution in [2.24, 2.45) is 5.41 Å². The van der Waals surface area contributed by atoms with Gasteiger partial charge in [0.25, 0.3) is 0 Å². The van der Waals surface area contributed by atoms with E-state index in [-0.39, 0.29) is 32.3 Å². The highest BCUT2D eigenvalue weighted by atomic mass is 16.5. The molecule has 1 atom stereocenters. The number of amides is 2. The van der Waals surface area contributed by atoms with Gasteiger partial charge in [-0.1, -0.05) is 12.1 Å². The Labute approximate surface area is 171 Å². The quantitative estimate of drug-likeness (QED) is 0.665. The molecule has 0 aromatic heterocycles. The summed E-state index contributed by atoms with van der Waals surface area (Å²) in [5.41, 5.74) is 0.0909. The van der Waals surface area contributed by atoms with Crippen molar-refractivity contribution in [2.75, 3.05) is 40.0 Å². The second kappa shape index (κ2) is 10.7. The molecule has 0 spiro atoms. The van der Waals surface area contributed by atoms with E-state index in [1.165, 1.54) is 0 Å². The first-order valence-corrected chi connectivity index (χ1v) is 9.92. The van der Waals surface area contributed by atoms with Crippen LogP contribution in [0.5, 0.6) is 5.75 Å². The minimum atomic E-state index is -0.845. The maximum atomic E-state index is 12.9. The van der Waals surface area contributed by atoms with Crippen LogP contribution in [-0.4, -0.2) is 62.8 Å². The van der Waals surface area contributed by atoms with Gasteiger partial charge in [0, 0.05) is 13.1 Å². The number of esters is 2. The lowest BCUT2D eigenvalue weighted by atomic mass is 9.75. The summed E-state index contributed by atoms with van der Waals surface area (Å²) in [5.74, 6) is -0.0991. The molecule has 8 nitrogen and oxygen atoms in total. The van der Waals surface area contributed by atoms with Crippen molar-refractivity contribution in [1.82, 2.24) is 10.2 Å². The van der Waals surface area contributed by atoms with Gasteiger partial charge in [-0.3, -0.25) is 9.59 Å². The highest BCUT2D eigenvalue weighted by Gasteiger charge is 2.45. The van der Waals surface area contributed by atoms with Crippen LogP contribution in [0.2, 0.25) is 0 Å². The first-order valence-electron chi connectivity index (χ1n) is 9.92. The van der Waals surface area contributed by atoms with Gasteiger partial charge in [-0.2, -0.15) is 0 Å². The second-order valence-corrected chi connectivity index (χ2v) is 7.02. The molecule has 0 aliphatic carbocycles. The Bertz CT molecular complexity index is 723. The number of nitrogens with one attached hydrogen (secondary N) is 1. The molecule has 2 amide bonds. The van der Waals surface area contributed by atoms with Crippen LogP contribution in [0.3, 0.4) is 0 Å². The fourth-order valence-electron chi connectivity index (χ4n) is 3.62. The molecule has 29 heavy (non-hydrogen) atoms. The van der Waals surface area contributed by atoms with Crippen molar-refractivity contribution >= 4 is 18.0 Å². The minimum absolute atomic E-state index is 0.203. The summed E-state index contributed by atoms with van der Waals surface area (Å²) in [6.07, 6.45) is 1.71. The fourth-order valence-corrected chi connectivity index (χ4v) is 3.62. The Balaban J connectivity index is 2.16. The van der Waals surface area contributed by atoms with Crippen molar-refractivity contribution in [3.05, 3.63) is 29.8 Å². The standard InChI is InChI=1S/C21H30N2O6/c1-4-28-18(24)14-22-20(26)23-11-7-10-21(15-23,19(25)29-5-2)13-16-8-6-9-17(12-16)27-3/h6,8-9,12H,4-5,7,10-11,13-15H2,1-3H3,(H,22,26). The SMILES string of the molecule is CCOC(=O)CNC(=O)N1CCCC(Cc2cccc(OC)c2)(C(=O)OCC)C1. The number of rotatable bonds is 8. The normalized spacial score (nSPS) is 18.7. The van der Waals surface area contributed by atoms with Gasteiger partial charge in [0.2, 0.25) is 0 Å². The minimum Gasteiger partial charge on any atom is -0.497 e. The van der Waals surface area contributed by atoms with Crippen LogP contribution in [0.15, 0.2) is 24.3 Å². The number of ether oxygens (including phenoxy) is 3. The molecule has 1 aromatic carbocycles. The first kappa shape index (κ1) is 22.5. The van der Waals surface area contributed by atoms with E-state index in [4.69, 9.17) is 14.2 Å². The molecule has 2 rings (SSSR count). The number of nitrogens with zero attached hydrogens (tertiary/aromatic N) is 1. The molecule has 8 heteroatoms. The number of hydrogen-bond acceptors (Lipinski definition) is 6. The maximum absolute atomic E-state index is 12.9. The van der Waals surface area contributed by atoms with Crippen LogP contribution in [0.25, 0.3) is 0 Å². The number of methoxy groups -OCH3 is 1. The van der Waals surface area contributed by atoms with E-state index in [0.717, 1.165) is 5.56 Å². The highest BCUT2D eigenvalue weighted by molar-refractivity contribution is 5.83. The molecule has 0 bridgehead atoms. The van der Waals surface area contributed by atoms with Crippen molar-refractivity contribution in [2.45, 2.75) is 33.1 Å². The van der Waals surface area contributed by atoms with E-state index in [9.17, 15) is 14.4 Å². The fraction of sp³-hybridized carbons (Fsp3) is 0.571. The molecule has 1 heterocycles. The van der Waals surface area contributed by atoms with E-state index in [1.54, 1.807) is 25.9 Å². The zero-order valence-electron chi connectivity index (χ0n) is 17.4. The number of piperidine rings is 1. The Kier molecular flexibility index (Phi) is 8.30. The van der Waals surface area contributed by atoms with Crippen LogP contribution in [0.1, 0.15) is 32.3 Å². The van der Waals surface area contributed by atoms with Gasteiger partial charge in [-0.15, -0.1) is 0 Å². The average Bonchev–Trinajstić information content (AvgIpc) is 2.72. The molecular weight excluding hydrogens is 376 g/mol. The van der Waals surface area contributed by atoms with E-state index in [1.807, 2.05) is 24.3 Å². The molecule has 1 N–H and O–H groups in total. The third-order valence-electron chi connectivity index (χ3n) is 4.94. The van der Waals surface area contributed by atoms with E-state index >= 15 is 0 Å². The Morgan fingerprint density at radius 1 is 1.17 bits per heavy atom. The van der Waals surface area contributed by atoms with Crippen LogP contribution in [0.4, 0.5) is 4.79 Å². The summed E-state index contributed by atoms with van der Waals surface area (Å²) in [6, 6.07) is 7.15. The van der Waals surface area contributed by atoms with E-state index in [0.29, 0.717) is 31.6 Å². The van der Waals surface area contributed by atoms with Gasteiger partial charge in [-0.05, 0) is 50.8 Å².